The van der Waals surface area contributed by atoms with Crippen molar-refractivity contribution >= 4 is 93.7 Å². The maximum absolute atomic E-state index is 12.0. The van der Waals surface area contributed by atoms with Gasteiger partial charge in [-0.25, -0.2) is 0 Å². The van der Waals surface area contributed by atoms with Crippen molar-refractivity contribution in [3.8, 4) is 11.5 Å². The third kappa shape index (κ3) is 33.0. The summed E-state index contributed by atoms with van der Waals surface area (Å²) < 4.78 is 24.6. The summed E-state index contributed by atoms with van der Waals surface area (Å²) in [5.74, 6) is 2.10. The van der Waals surface area contributed by atoms with Gasteiger partial charge in [0.15, 0.2) is 0 Å². The Bertz CT molecular complexity index is 4100. The molecule has 107 heavy (non-hydrogen) atoms. The van der Waals surface area contributed by atoms with Crippen molar-refractivity contribution in [1.82, 2.24) is 0 Å². The summed E-state index contributed by atoms with van der Waals surface area (Å²) in [7, 11) is 0. The number of fused-ring (bicyclic) bond motifs is 7. The summed E-state index contributed by atoms with van der Waals surface area (Å²) in [4.78, 5) is 46.7. The summed E-state index contributed by atoms with van der Waals surface area (Å²) in [6.07, 6.45) is 6.37. The van der Waals surface area contributed by atoms with Crippen LogP contribution in [0.15, 0.2) is 223 Å². The first-order chi connectivity index (χ1) is 51.5. The molecule has 0 aliphatic carbocycles. The van der Waals surface area contributed by atoms with E-state index in [1.165, 1.54) is 54.1 Å². The van der Waals surface area contributed by atoms with Crippen molar-refractivity contribution in [3.63, 3.8) is 0 Å². The molecule has 11 aromatic rings. The van der Waals surface area contributed by atoms with E-state index in [-0.39, 0.29) is 35.1 Å². The number of esters is 3. The number of carbonyl (C=O) groups excluding carboxylic acids is 4. The largest absolute Gasteiger partial charge is 0.465 e. The number of furan rings is 1. The number of hydrogen-bond acceptors (Lipinski definition) is 9. The summed E-state index contributed by atoms with van der Waals surface area (Å²) in [6.45, 7) is 54.9. The minimum Gasteiger partial charge on any atom is -0.465 e. The lowest BCUT2D eigenvalue weighted by atomic mass is 9.89. The molecule has 0 saturated carbocycles. The molecule has 0 saturated heterocycles. The molecular formula is C97H137NO8S. The third-order valence-electron chi connectivity index (χ3n) is 17.9. The van der Waals surface area contributed by atoms with E-state index in [4.69, 9.17) is 18.6 Å². The molecule has 1 amide bonds. The summed E-state index contributed by atoms with van der Waals surface area (Å²) in [6, 6.07) is 72.7. The Morgan fingerprint density at radius 2 is 0.888 bits per heavy atom. The minimum absolute atomic E-state index is 0.0146. The molecule has 3 atom stereocenters. The third-order valence-corrected chi connectivity index (χ3v) is 19.2. The molecule has 0 aliphatic heterocycles. The molecule has 11 rings (SSSR count). The minimum atomic E-state index is -0.439. The number of anilines is 1. The van der Waals surface area contributed by atoms with Gasteiger partial charge < -0.3 is 23.9 Å². The van der Waals surface area contributed by atoms with Crippen LogP contribution in [0.1, 0.15) is 254 Å². The molecule has 3 unspecified atom stereocenters. The Kier molecular flexibility index (Phi) is 50.2. The van der Waals surface area contributed by atoms with Gasteiger partial charge in [-0.2, -0.15) is 0 Å². The summed E-state index contributed by atoms with van der Waals surface area (Å²) in [5.41, 5.74) is 5.77. The topological polar surface area (TPSA) is 121 Å². The molecule has 10 heteroatoms. The van der Waals surface area contributed by atoms with Crippen LogP contribution in [0, 0.1) is 22.2 Å². The van der Waals surface area contributed by atoms with Gasteiger partial charge in [-0.15, -0.1) is 11.3 Å². The Morgan fingerprint density at radius 1 is 0.421 bits per heavy atom. The molecule has 0 spiro atoms. The SMILES string of the molecule is CC.CC.CC.CC.CC.CC.CCC(C)(C)C(=O)Nc1ccccc1.CCC(C)(C)C(=O)Oc1ccc2ccccc2c1.CCC(C)(C)C(=O)Oc1ccccc1.CCC(C)C(=O)OCCc1ccccc1.CCC(C)c1ccc2c(c1)oc1ccccc12.CCC(C)c1cccc2c1sc1ccccc12. The van der Waals surface area contributed by atoms with Gasteiger partial charge in [-0.1, -0.05) is 323 Å². The van der Waals surface area contributed by atoms with E-state index < -0.39 is 10.8 Å². The molecule has 2 heterocycles. The van der Waals surface area contributed by atoms with E-state index in [0.29, 0.717) is 29.9 Å². The monoisotopic (exact) mass is 1480 g/mol. The zero-order valence-corrected chi connectivity index (χ0v) is 71.7. The maximum atomic E-state index is 12.0. The van der Waals surface area contributed by atoms with E-state index in [1.807, 2.05) is 304 Å². The van der Waals surface area contributed by atoms with Crippen LogP contribution in [0.5, 0.6) is 11.5 Å². The van der Waals surface area contributed by atoms with Crippen LogP contribution >= 0.6 is 11.3 Å². The highest BCUT2D eigenvalue weighted by Gasteiger charge is 2.29. The van der Waals surface area contributed by atoms with Crippen LogP contribution in [0.3, 0.4) is 0 Å². The Balaban J connectivity index is 0.00000123. The summed E-state index contributed by atoms with van der Waals surface area (Å²) >= 11 is 1.93. The van der Waals surface area contributed by atoms with Gasteiger partial charge >= 0.3 is 17.9 Å². The zero-order valence-electron chi connectivity index (χ0n) is 70.8. The number of amides is 1. The van der Waals surface area contributed by atoms with Crippen LogP contribution < -0.4 is 14.8 Å². The van der Waals surface area contributed by atoms with Gasteiger partial charge in [-0.05, 0) is 160 Å². The van der Waals surface area contributed by atoms with Gasteiger partial charge in [0.2, 0.25) is 5.91 Å². The Morgan fingerprint density at radius 3 is 1.43 bits per heavy atom. The molecule has 0 bridgehead atoms. The second kappa shape index (κ2) is 54.7. The highest BCUT2D eigenvalue weighted by molar-refractivity contribution is 7.26. The Labute approximate surface area is 652 Å². The van der Waals surface area contributed by atoms with Gasteiger partial charge in [0.1, 0.15) is 22.7 Å². The van der Waals surface area contributed by atoms with Crippen molar-refractivity contribution in [2.24, 2.45) is 22.2 Å². The van der Waals surface area contributed by atoms with Crippen LogP contribution in [0.4, 0.5) is 5.69 Å². The first-order valence-electron chi connectivity index (χ1n) is 39.9. The highest BCUT2D eigenvalue weighted by atomic mass is 32.1. The van der Waals surface area contributed by atoms with Gasteiger partial charge in [0.05, 0.1) is 23.4 Å². The molecule has 1 N–H and O–H groups in total. The normalized spacial score (nSPS) is 11.1. The van der Waals surface area contributed by atoms with E-state index in [1.54, 1.807) is 12.1 Å². The lowest BCUT2D eigenvalue weighted by Crippen LogP contribution is -2.29. The zero-order chi connectivity index (χ0) is 81.1. The van der Waals surface area contributed by atoms with Crippen LogP contribution in [0.25, 0.3) is 52.9 Å². The molecule has 584 valence electrons. The van der Waals surface area contributed by atoms with Crippen molar-refractivity contribution in [3.05, 3.63) is 235 Å². The van der Waals surface area contributed by atoms with E-state index >= 15 is 0 Å². The molecule has 9 nitrogen and oxygen atoms in total. The number of para-hydroxylation sites is 3. The number of hydrogen-bond donors (Lipinski definition) is 1. The van der Waals surface area contributed by atoms with Gasteiger partial charge in [-0.3, -0.25) is 19.2 Å². The Hall–Kier alpha value is -8.86. The number of ether oxygens (including phenoxy) is 3. The number of rotatable bonds is 18. The first-order valence-corrected chi connectivity index (χ1v) is 40.7. The maximum Gasteiger partial charge on any atom is 0.316 e. The average molecular weight is 1480 g/mol. The lowest BCUT2D eigenvalue weighted by Gasteiger charge is -2.21. The first kappa shape index (κ1) is 98.1. The molecule has 2 aromatic heterocycles. The predicted molar refractivity (Wildman–Crippen MR) is 468 cm³/mol. The molecule has 9 aromatic carbocycles. The lowest BCUT2D eigenvalue weighted by molar-refractivity contribution is -0.148. The van der Waals surface area contributed by atoms with E-state index in [0.717, 1.165) is 66.2 Å². The van der Waals surface area contributed by atoms with Crippen molar-refractivity contribution in [2.75, 3.05) is 11.9 Å². The fourth-order valence-corrected chi connectivity index (χ4v) is 10.7. The van der Waals surface area contributed by atoms with E-state index in [2.05, 4.69) is 106 Å². The van der Waals surface area contributed by atoms with Crippen LogP contribution in [0.2, 0.25) is 0 Å². The molecule has 0 radical (unpaired) electrons. The molecular weight excluding hydrogens is 1340 g/mol. The smallest absolute Gasteiger partial charge is 0.316 e. The number of benzene rings is 9. The summed E-state index contributed by atoms with van der Waals surface area (Å²) in [5, 5.41) is 10.4. The van der Waals surface area contributed by atoms with Crippen molar-refractivity contribution < 1.29 is 37.8 Å². The molecule has 0 aliphatic rings. The van der Waals surface area contributed by atoms with E-state index in [9.17, 15) is 19.2 Å². The van der Waals surface area contributed by atoms with Gasteiger partial charge in [0, 0.05) is 48.5 Å². The standard InChI is InChI=1S/C16H18O2.C16H16O.C16H16S.C13H18O2.C12H17NO.C12H16O2.6C2H6/c1-4-16(2,3)15(17)18-14-10-9-12-7-5-6-8-13(12)11-14;1-3-11(2)12-8-9-14-13-6-4-5-7-15(13)17-16(14)10-12;1-3-11(2)12-8-6-9-14-13-7-4-5-10-15(13)17-16(12)14;1-3-11(2)13(14)15-10-9-12-7-5-4-6-8-12;1-4-12(2,3)11(14)13-10-8-6-5-7-9-10;1-4-12(2,3)11(13)14-10-8-6-5-7-9-10;6*1-2/h5-11H,4H2,1-3H3;2*4-11H,3H2,1-2H3;4-8,11H,3,9-10H2,1-2H3;5-9H,4H2,1-3H3,(H,13,14);5-9H,4H2,1-3H3;6*1-2H3. The fourth-order valence-electron chi connectivity index (χ4n) is 9.37. The second-order valence-corrected chi connectivity index (χ2v) is 27.2. The van der Waals surface area contributed by atoms with Crippen LogP contribution in [-0.4, -0.2) is 30.4 Å². The number of thiophene rings is 1. The molecule has 0 fully saturated rings. The highest BCUT2D eigenvalue weighted by Crippen LogP contribution is 2.39. The predicted octanol–water partition coefficient (Wildman–Crippen LogP) is 29.9. The average Bonchev–Trinajstić information content (AvgIpc) is 1.66. The van der Waals surface area contributed by atoms with Gasteiger partial charge in [0.25, 0.3) is 0 Å². The number of nitrogens with one attached hydrogen (secondary N) is 1. The quantitative estimate of drug-likeness (QED) is 0.0666. The van der Waals surface area contributed by atoms with Crippen LogP contribution in [-0.2, 0) is 30.3 Å². The van der Waals surface area contributed by atoms with Crippen molar-refractivity contribution in [1.29, 1.82) is 0 Å². The second-order valence-electron chi connectivity index (χ2n) is 26.1. The number of carbonyl (C=O) groups is 4. The van der Waals surface area contributed by atoms with Crippen molar-refractivity contribution in [2.45, 2.75) is 244 Å². The fraction of sp³-hybridized carbons (Fsp3) is 0.423.